The second kappa shape index (κ2) is 5.65. The molecule has 0 heterocycles. The predicted octanol–water partition coefficient (Wildman–Crippen LogP) is 6.38. The van der Waals surface area contributed by atoms with E-state index in [9.17, 15) is 0 Å². The highest BCUT2D eigenvalue weighted by atomic mass is 28.4. The zero-order valence-corrected chi connectivity index (χ0v) is 17.3. The Labute approximate surface area is 139 Å². The van der Waals surface area contributed by atoms with Gasteiger partial charge in [-0.05, 0) is 47.2 Å². The van der Waals surface area contributed by atoms with E-state index in [4.69, 9.17) is 9.68 Å². The van der Waals surface area contributed by atoms with Crippen molar-refractivity contribution in [3.63, 3.8) is 0 Å². The maximum absolute atomic E-state index is 6.54. The summed E-state index contributed by atoms with van der Waals surface area (Å²) >= 11 is 0. The van der Waals surface area contributed by atoms with Crippen LogP contribution in [-0.2, 0) is 4.53 Å². The highest BCUT2D eigenvalue weighted by Gasteiger charge is 2.60. The van der Waals surface area contributed by atoms with Crippen LogP contribution >= 0.6 is 0 Å². The first-order valence-electron chi connectivity index (χ1n) is 9.25. The summed E-state index contributed by atoms with van der Waals surface area (Å²) < 4.78 is 6.54. The number of fused-ring (bicyclic) bond motifs is 2. The SMILES string of the molecule is CC(C)[Si](O/N=C1/CC2CCC1(C)C2(C)C)(C(C)C)C(C)C. The highest BCUT2D eigenvalue weighted by Crippen LogP contribution is 2.64. The number of hydrogen-bond acceptors (Lipinski definition) is 2. The molecule has 0 aromatic rings. The van der Waals surface area contributed by atoms with E-state index in [2.05, 4.69) is 62.3 Å². The van der Waals surface area contributed by atoms with Crippen LogP contribution in [0.25, 0.3) is 0 Å². The molecule has 2 rings (SSSR count). The Morgan fingerprint density at radius 1 is 1.00 bits per heavy atom. The third kappa shape index (κ3) is 2.30. The summed E-state index contributed by atoms with van der Waals surface area (Å²) in [6.07, 6.45) is 3.80. The monoisotopic (exact) mass is 323 g/mol. The van der Waals surface area contributed by atoms with E-state index in [-0.39, 0.29) is 5.41 Å². The van der Waals surface area contributed by atoms with Crippen LogP contribution in [0.5, 0.6) is 0 Å². The molecule has 0 radical (unpaired) electrons. The van der Waals surface area contributed by atoms with Gasteiger partial charge in [-0.3, -0.25) is 0 Å². The Bertz CT molecular complexity index is 431. The van der Waals surface area contributed by atoms with Gasteiger partial charge in [-0.25, -0.2) is 0 Å². The third-order valence-corrected chi connectivity index (χ3v) is 13.4. The zero-order valence-electron chi connectivity index (χ0n) is 16.3. The van der Waals surface area contributed by atoms with Crippen LogP contribution in [0.2, 0.25) is 16.6 Å². The fourth-order valence-corrected chi connectivity index (χ4v) is 10.4. The molecule has 2 atom stereocenters. The Balaban J connectivity index is 2.31. The maximum Gasteiger partial charge on any atom is 0.295 e. The third-order valence-electron chi connectivity index (χ3n) is 7.53. The first kappa shape index (κ1) is 18.0. The van der Waals surface area contributed by atoms with Crippen molar-refractivity contribution < 1.29 is 4.53 Å². The summed E-state index contributed by atoms with van der Waals surface area (Å²) in [5, 5.41) is 4.89. The molecule has 0 N–H and O–H groups in total. The summed E-state index contributed by atoms with van der Waals surface area (Å²) in [5.41, 5.74) is 3.77. The molecule has 2 fully saturated rings. The minimum atomic E-state index is -1.89. The molecule has 0 aliphatic heterocycles. The van der Waals surface area contributed by atoms with E-state index in [0.717, 1.165) is 12.3 Å². The summed E-state index contributed by atoms with van der Waals surface area (Å²) in [6, 6.07) is 0. The molecular formula is C19H37NOSi. The molecule has 2 aliphatic rings. The van der Waals surface area contributed by atoms with Gasteiger partial charge in [0, 0.05) is 5.41 Å². The molecule has 0 aromatic heterocycles. The van der Waals surface area contributed by atoms with E-state index in [1.54, 1.807) is 0 Å². The van der Waals surface area contributed by atoms with Crippen molar-refractivity contribution in [3.05, 3.63) is 0 Å². The smallest absolute Gasteiger partial charge is 0.295 e. The summed E-state index contributed by atoms with van der Waals surface area (Å²) in [5.74, 6) is 0.799. The summed E-state index contributed by atoms with van der Waals surface area (Å²) in [7, 11) is -1.89. The lowest BCUT2D eigenvalue weighted by Gasteiger charge is -2.40. The van der Waals surface area contributed by atoms with Crippen molar-refractivity contribution in [2.24, 2.45) is 21.9 Å². The van der Waals surface area contributed by atoms with E-state index in [1.165, 1.54) is 18.6 Å². The van der Waals surface area contributed by atoms with Crippen LogP contribution in [0.15, 0.2) is 5.16 Å². The lowest BCUT2D eigenvalue weighted by Crippen LogP contribution is -2.47. The van der Waals surface area contributed by atoms with Crippen LogP contribution in [0.3, 0.4) is 0 Å². The predicted molar refractivity (Wildman–Crippen MR) is 98.8 cm³/mol. The van der Waals surface area contributed by atoms with E-state index in [0.29, 0.717) is 22.0 Å². The topological polar surface area (TPSA) is 21.6 Å². The average molecular weight is 324 g/mol. The van der Waals surface area contributed by atoms with Crippen molar-refractivity contribution in [1.82, 2.24) is 0 Å². The first-order valence-corrected chi connectivity index (χ1v) is 11.4. The molecule has 0 amide bonds. The molecule has 0 aromatic carbocycles. The molecule has 22 heavy (non-hydrogen) atoms. The van der Waals surface area contributed by atoms with Crippen LogP contribution in [0, 0.1) is 16.7 Å². The second-order valence-electron chi connectivity index (χ2n) is 9.44. The minimum absolute atomic E-state index is 0.253. The van der Waals surface area contributed by atoms with Crippen LogP contribution in [0.1, 0.15) is 81.6 Å². The van der Waals surface area contributed by atoms with Gasteiger partial charge in [0.2, 0.25) is 0 Å². The molecular weight excluding hydrogens is 286 g/mol. The van der Waals surface area contributed by atoms with Crippen molar-refractivity contribution in [2.75, 3.05) is 0 Å². The Morgan fingerprint density at radius 3 is 1.82 bits per heavy atom. The number of oxime groups is 1. The molecule has 3 heteroatoms. The second-order valence-corrected chi connectivity index (χ2v) is 14.8. The van der Waals surface area contributed by atoms with Crippen molar-refractivity contribution >= 4 is 14.0 Å². The number of rotatable bonds is 5. The fourth-order valence-electron chi connectivity index (χ4n) is 5.52. The maximum atomic E-state index is 6.54. The largest absolute Gasteiger partial charge is 0.454 e. The van der Waals surface area contributed by atoms with Crippen molar-refractivity contribution in [1.29, 1.82) is 0 Å². The molecule has 0 spiro atoms. The van der Waals surface area contributed by atoms with Gasteiger partial charge < -0.3 is 4.53 Å². The molecule has 0 saturated heterocycles. The van der Waals surface area contributed by atoms with Gasteiger partial charge in [0.1, 0.15) is 0 Å². The number of hydrogen-bond donors (Lipinski definition) is 0. The summed E-state index contributed by atoms with van der Waals surface area (Å²) in [4.78, 5) is 0. The molecule has 128 valence electrons. The Kier molecular flexibility index (Phi) is 4.63. The Morgan fingerprint density at radius 2 is 1.50 bits per heavy atom. The first-order chi connectivity index (χ1) is 10.00. The standard InChI is InChI=1S/C19H37NOSi/c1-13(2)22(14(3)4,15(5)6)21-20-17-12-16-10-11-19(17,9)18(16,7)8/h13-16H,10-12H2,1-9H3/b20-17-. The molecule has 2 nitrogen and oxygen atoms in total. The van der Waals surface area contributed by atoms with Crippen molar-refractivity contribution in [2.45, 2.75) is 98.2 Å². The zero-order chi connectivity index (χ0) is 16.9. The van der Waals surface area contributed by atoms with Gasteiger partial charge in [-0.15, -0.1) is 5.16 Å². The lowest BCUT2D eigenvalue weighted by atomic mass is 9.70. The quantitative estimate of drug-likeness (QED) is 0.425. The summed E-state index contributed by atoms with van der Waals surface area (Å²) in [6.45, 7) is 21.3. The molecule has 2 saturated carbocycles. The minimum Gasteiger partial charge on any atom is -0.454 e. The van der Waals surface area contributed by atoms with Crippen molar-refractivity contribution in [3.8, 4) is 0 Å². The van der Waals surface area contributed by atoms with Gasteiger partial charge in [0.15, 0.2) is 0 Å². The van der Waals surface area contributed by atoms with Crippen LogP contribution in [0.4, 0.5) is 0 Å². The lowest BCUT2D eigenvalue weighted by molar-refractivity contribution is 0.190. The molecule has 2 bridgehead atoms. The van der Waals surface area contributed by atoms with Crippen LogP contribution in [-0.4, -0.2) is 14.0 Å². The normalized spacial score (nSPS) is 32.7. The van der Waals surface area contributed by atoms with Gasteiger partial charge >= 0.3 is 0 Å². The fraction of sp³-hybridized carbons (Fsp3) is 0.947. The van der Waals surface area contributed by atoms with E-state index >= 15 is 0 Å². The molecule has 2 aliphatic carbocycles. The van der Waals surface area contributed by atoms with Gasteiger partial charge in [0.05, 0.1) is 5.71 Å². The number of nitrogens with zero attached hydrogens (tertiary/aromatic N) is 1. The van der Waals surface area contributed by atoms with Gasteiger partial charge in [-0.1, -0.05) is 62.3 Å². The van der Waals surface area contributed by atoms with Gasteiger partial charge in [0.25, 0.3) is 8.32 Å². The van der Waals surface area contributed by atoms with E-state index in [1.807, 2.05) is 0 Å². The Hall–Kier alpha value is -0.313. The highest BCUT2D eigenvalue weighted by molar-refractivity contribution is 6.77. The van der Waals surface area contributed by atoms with Gasteiger partial charge in [-0.2, -0.15) is 0 Å². The molecule has 2 unspecified atom stereocenters. The van der Waals surface area contributed by atoms with Crippen LogP contribution < -0.4 is 0 Å². The average Bonchev–Trinajstić information content (AvgIpc) is 2.71. The van der Waals surface area contributed by atoms with E-state index < -0.39 is 8.32 Å².